The van der Waals surface area contributed by atoms with Crippen LogP contribution in [-0.2, 0) is 0 Å². The van der Waals surface area contributed by atoms with Gasteiger partial charge in [-0.2, -0.15) is 10.4 Å². The number of nitrogens with zero attached hydrogens (tertiary/aromatic N) is 3. The number of hydrogen-bond donors (Lipinski definition) is 1. The Morgan fingerprint density at radius 1 is 1.21 bits per heavy atom. The van der Waals surface area contributed by atoms with Crippen LogP contribution in [0.5, 0.6) is 0 Å². The van der Waals surface area contributed by atoms with Crippen LogP contribution in [0, 0.1) is 36.8 Å². The Bertz CT molecular complexity index is 1090. The maximum Gasteiger partial charge on any atom is 0.252 e. The average Bonchev–Trinajstić information content (AvgIpc) is 2.94. The highest BCUT2D eigenvalue weighted by atomic mass is 79.9. The van der Waals surface area contributed by atoms with Crippen molar-refractivity contribution in [3.63, 3.8) is 0 Å². The van der Waals surface area contributed by atoms with Gasteiger partial charge in [0.25, 0.3) is 5.91 Å². The van der Waals surface area contributed by atoms with Crippen molar-refractivity contribution < 1.29 is 13.6 Å². The van der Waals surface area contributed by atoms with Gasteiger partial charge in [0.2, 0.25) is 0 Å². The number of nitriles is 1. The third-order valence-corrected chi connectivity index (χ3v) is 5.40. The molecule has 0 fully saturated rings. The summed E-state index contributed by atoms with van der Waals surface area (Å²) in [6.45, 7) is 3.80. The molecule has 0 aliphatic rings. The Morgan fingerprint density at radius 3 is 2.43 bits per heavy atom. The van der Waals surface area contributed by atoms with E-state index in [1.807, 2.05) is 19.9 Å². The predicted octanol–water partition coefficient (Wildman–Crippen LogP) is 4.52. The van der Waals surface area contributed by atoms with Crippen LogP contribution in [0.15, 0.2) is 46.9 Å². The Labute approximate surface area is 168 Å². The third kappa shape index (κ3) is 3.80. The van der Waals surface area contributed by atoms with Gasteiger partial charge in [0.1, 0.15) is 17.7 Å². The molecule has 1 aromatic heterocycles. The molecule has 2 aromatic carbocycles. The minimum Gasteiger partial charge on any atom is -0.332 e. The van der Waals surface area contributed by atoms with Crippen molar-refractivity contribution in [1.29, 1.82) is 5.26 Å². The summed E-state index contributed by atoms with van der Waals surface area (Å²) < 4.78 is 29.6. The highest BCUT2D eigenvalue weighted by Gasteiger charge is 2.19. The lowest BCUT2D eigenvalue weighted by Crippen LogP contribution is -2.28. The number of halogens is 3. The summed E-state index contributed by atoms with van der Waals surface area (Å²) in [6.07, 6.45) is 0. The summed E-state index contributed by atoms with van der Waals surface area (Å²) >= 11 is 3.47. The van der Waals surface area contributed by atoms with Crippen LogP contribution in [-0.4, -0.2) is 15.7 Å². The lowest BCUT2D eigenvalue weighted by molar-refractivity contribution is 0.0944. The number of benzene rings is 2. The van der Waals surface area contributed by atoms with E-state index >= 15 is 0 Å². The number of nitrogens with one attached hydrogen (secondary N) is 1. The van der Waals surface area contributed by atoms with Crippen LogP contribution in [0.3, 0.4) is 0 Å². The zero-order chi connectivity index (χ0) is 20.4. The number of aromatic nitrogens is 2. The smallest absolute Gasteiger partial charge is 0.252 e. The molecule has 0 aliphatic carbocycles. The first-order valence-electron chi connectivity index (χ1n) is 8.29. The molecule has 1 N–H and O–H groups in total. The SMILES string of the molecule is Cc1nn(-c2ccc(C(=O)NC(C#N)c3ccc(F)cc3F)cc2)c(C)c1Br. The zero-order valence-corrected chi connectivity index (χ0v) is 16.6. The molecule has 0 saturated heterocycles. The van der Waals surface area contributed by atoms with E-state index in [1.165, 1.54) is 0 Å². The second-order valence-corrected chi connectivity index (χ2v) is 6.94. The van der Waals surface area contributed by atoms with Gasteiger partial charge in [-0.25, -0.2) is 13.5 Å². The maximum absolute atomic E-state index is 13.9. The number of aryl methyl sites for hydroxylation is 1. The van der Waals surface area contributed by atoms with Gasteiger partial charge in [-0.3, -0.25) is 4.79 Å². The Morgan fingerprint density at radius 2 is 1.89 bits per heavy atom. The Hall–Kier alpha value is -3.05. The fourth-order valence-electron chi connectivity index (χ4n) is 2.76. The number of rotatable bonds is 4. The van der Waals surface area contributed by atoms with Crippen molar-refractivity contribution in [2.45, 2.75) is 19.9 Å². The van der Waals surface area contributed by atoms with Crippen molar-refractivity contribution in [3.8, 4) is 11.8 Å². The molecule has 1 heterocycles. The van der Waals surface area contributed by atoms with E-state index in [2.05, 4.69) is 26.3 Å². The number of amides is 1. The monoisotopic (exact) mass is 444 g/mol. The summed E-state index contributed by atoms with van der Waals surface area (Å²) in [5, 5.41) is 16.2. The Balaban J connectivity index is 1.81. The molecule has 5 nitrogen and oxygen atoms in total. The van der Waals surface area contributed by atoms with Crippen LogP contribution in [0.1, 0.15) is 33.4 Å². The van der Waals surface area contributed by atoms with Crippen molar-refractivity contribution in [2.75, 3.05) is 0 Å². The predicted molar refractivity (Wildman–Crippen MR) is 103 cm³/mol. The molecule has 0 bridgehead atoms. The summed E-state index contributed by atoms with van der Waals surface area (Å²) in [4.78, 5) is 12.4. The quantitative estimate of drug-likeness (QED) is 0.642. The highest BCUT2D eigenvalue weighted by Crippen LogP contribution is 2.23. The van der Waals surface area contributed by atoms with Crippen LogP contribution < -0.4 is 5.32 Å². The standard InChI is InChI=1S/C20H15BrF2N4O/c1-11-19(21)12(2)27(26-11)15-6-3-13(4-7-15)20(28)25-18(10-24)16-8-5-14(22)9-17(16)23/h3-9,18H,1-2H3,(H,25,28). The van der Waals surface area contributed by atoms with Gasteiger partial charge in [-0.1, -0.05) is 6.07 Å². The first-order chi connectivity index (χ1) is 13.3. The summed E-state index contributed by atoms with van der Waals surface area (Å²) in [6, 6.07) is 10.1. The Kier molecular flexibility index (Phi) is 5.56. The first kappa shape index (κ1) is 19.7. The van der Waals surface area contributed by atoms with Crippen LogP contribution in [0.25, 0.3) is 5.69 Å². The van der Waals surface area contributed by atoms with E-state index in [4.69, 9.17) is 0 Å². The normalized spacial score (nSPS) is 11.7. The highest BCUT2D eigenvalue weighted by molar-refractivity contribution is 9.10. The summed E-state index contributed by atoms with van der Waals surface area (Å²) in [5.41, 5.74) is 2.74. The van der Waals surface area contributed by atoms with Gasteiger partial charge in [0, 0.05) is 17.2 Å². The molecule has 142 valence electrons. The molecule has 3 rings (SSSR count). The average molecular weight is 445 g/mol. The fourth-order valence-corrected chi connectivity index (χ4v) is 3.01. The molecule has 8 heteroatoms. The van der Waals surface area contributed by atoms with Crippen LogP contribution in [0.2, 0.25) is 0 Å². The molecule has 0 saturated carbocycles. The summed E-state index contributed by atoms with van der Waals surface area (Å²) in [7, 11) is 0. The molecule has 1 unspecified atom stereocenters. The molecule has 1 atom stereocenters. The van der Waals surface area contributed by atoms with Gasteiger partial charge in [-0.15, -0.1) is 0 Å². The molecular formula is C20H15BrF2N4O. The lowest BCUT2D eigenvalue weighted by Gasteiger charge is -2.13. The van der Waals surface area contributed by atoms with Gasteiger partial charge in [0.05, 0.1) is 27.6 Å². The van der Waals surface area contributed by atoms with E-state index in [0.29, 0.717) is 11.6 Å². The van der Waals surface area contributed by atoms with Crippen molar-refractivity contribution in [2.24, 2.45) is 0 Å². The third-order valence-electron chi connectivity index (χ3n) is 4.26. The maximum atomic E-state index is 13.9. The fraction of sp³-hybridized carbons (Fsp3) is 0.150. The molecule has 28 heavy (non-hydrogen) atoms. The second-order valence-electron chi connectivity index (χ2n) is 6.14. The van der Waals surface area contributed by atoms with Crippen molar-refractivity contribution in [3.05, 3.63) is 81.1 Å². The van der Waals surface area contributed by atoms with Crippen LogP contribution in [0.4, 0.5) is 8.78 Å². The van der Waals surface area contributed by atoms with E-state index < -0.39 is 23.6 Å². The van der Waals surface area contributed by atoms with Gasteiger partial charge in [-0.05, 0) is 60.1 Å². The molecule has 0 spiro atoms. The second kappa shape index (κ2) is 7.90. The molecule has 0 aliphatic heterocycles. The van der Waals surface area contributed by atoms with Crippen molar-refractivity contribution in [1.82, 2.24) is 15.1 Å². The number of hydrogen-bond acceptors (Lipinski definition) is 3. The number of carbonyl (C=O) groups excluding carboxylic acids is 1. The largest absolute Gasteiger partial charge is 0.332 e. The zero-order valence-electron chi connectivity index (χ0n) is 15.0. The van der Waals surface area contributed by atoms with Crippen LogP contribution >= 0.6 is 15.9 Å². The van der Waals surface area contributed by atoms with E-state index in [-0.39, 0.29) is 5.56 Å². The lowest BCUT2D eigenvalue weighted by atomic mass is 10.1. The van der Waals surface area contributed by atoms with E-state index in [9.17, 15) is 18.8 Å². The molecule has 3 aromatic rings. The molecular weight excluding hydrogens is 430 g/mol. The minimum absolute atomic E-state index is 0.0960. The number of carbonyl (C=O) groups is 1. The van der Waals surface area contributed by atoms with E-state index in [0.717, 1.165) is 33.7 Å². The van der Waals surface area contributed by atoms with Crippen molar-refractivity contribution >= 4 is 21.8 Å². The van der Waals surface area contributed by atoms with Gasteiger partial charge < -0.3 is 5.32 Å². The first-order valence-corrected chi connectivity index (χ1v) is 9.08. The topological polar surface area (TPSA) is 70.7 Å². The molecule has 0 radical (unpaired) electrons. The summed E-state index contributed by atoms with van der Waals surface area (Å²) in [5.74, 6) is -2.19. The van der Waals surface area contributed by atoms with Gasteiger partial charge in [0.15, 0.2) is 0 Å². The minimum atomic E-state index is -1.24. The van der Waals surface area contributed by atoms with E-state index in [1.54, 1.807) is 28.9 Å². The van der Waals surface area contributed by atoms with Gasteiger partial charge >= 0.3 is 0 Å². The molecule has 1 amide bonds.